The Morgan fingerprint density at radius 3 is 2.52 bits per heavy atom. The lowest BCUT2D eigenvalue weighted by Crippen LogP contribution is -2.41. The Kier molecular flexibility index (Phi) is 5.40. The normalized spacial score (nSPS) is 12.3. The highest BCUT2D eigenvalue weighted by Crippen LogP contribution is 2.15. The Morgan fingerprint density at radius 1 is 1.38 bits per heavy atom. The quantitative estimate of drug-likeness (QED) is 0.620. The molecule has 0 radical (unpaired) electrons. The number of nitrogens with zero attached hydrogens (tertiary/aromatic N) is 1. The molecule has 8 nitrogen and oxygen atoms in total. The maximum atomic E-state index is 12.1. The topological polar surface area (TPSA) is 150 Å². The van der Waals surface area contributed by atoms with Gasteiger partial charge < -0.3 is 10.8 Å². The molecule has 0 bridgehead atoms. The predicted octanol–water partition coefficient (Wildman–Crippen LogP) is -0.445. The number of benzene rings is 1. The van der Waals surface area contributed by atoms with Gasteiger partial charge in [0.2, 0.25) is 15.9 Å². The average Bonchev–Trinajstić information content (AvgIpc) is 2.42. The van der Waals surface area contributed by atoms with E-state index in [4.69, 9.17) is 16.1 Å². The number of carbonyl (C=O) groups excluding carboxylic acids is 1. The predicted molar refractivity (Wildman–Crippen MR) is 71.3 cm³/mol. The smallest absolute Gasteiger partial charge is 0.321 e. The van der Waals surface area contributed by atoms with Crippen LogP contribution in [-0.2, 0) is 19.6 Å². The summed E-state index contributed by atoms with van der Waals surface area (Å²) in [4.78, 5) is 21.4. The molecule has 0 fully saturated rings. The van der Waals surface area contributed by atoms with Crippen molar-refractivity contribution in [2.45, 2.75) is 23.8 Å². The summed E-state index contributed by atoms with van der Waals surface area (Å²) in [5.74, 6) is -2.17. The van der Waals surface area contributed by atoms with Gasteiger partial charge in [0, 0.05) is 6.42 Å². The number of rotatable bonds is 7. The van der Waals surface area contributed by atoms with Gasteiger partial charge >= 0.3 is 5.97 Å². The van der Waals surface area contributed by atoms with Gasteiger partial charge in [-0.3, -0.25) is 9.59 Å². The van der Waals surface area contributed by atoms with E-state index in [9.17, 15) is 18.0 Å². The first-order valence-corrected chi connectivity index (χ1v) is 7.29. The van der Waals surface area contributed by atoms with Crippen LogP contribution >= 0.6 is 0 Å². The van der Waals surface area contributed by atoms with Gasteiger partial charge in [-0.25, -0.2) is 8.42 Å². The van der Waals surface area contributed by atoms with Crippen molar-refractivity contribution in [2.75, 3.05) is 0 Å². The van der Waals surface area contributed by atoms with Gasteiger partial charge in [0.05, 0.1) is 10.5 Å². The first kappa shape index (κ1) is 16.6. The molecular weight excluding hydrogens is 298 g/mol. The number of hydrogen-bond acceptors (Lipinski definition) is 5. The van der Waals surface area contributed by atoms with Crippen LogP contribution in [0.1, 0.15) is 18.4 Å². The van der Waals surface area contributed by atoms with Gasteiger partial charge in [0.15, 0.2) is 0 Å². The van der Waals surface area contributed by atoms with Crippen LogP contribution in [0.25, 0.3) is 0 Å². The fourth-order valence-corrected chi connectivity index (χ4v) is 2.94. The molecule has 4 N–H and O–H groups in total. The van der Waals surface area contributed by atoms with E-state index in [1.165, 1.54) is 24.3 Å². The molecule has 0 heterocycles. The third-order valence-corrected chi connectivity index (χ3v) is 4.10. The number of primary amides is 1. The number of carbonyl (C=O) groups is 2. The van der Waals surface area contributed by atoms with Crippen LogP contribution in [0.2, 0.25) is 0 Å². The summed E-state index contributed by atoms with van der Waals surface area (Å²) >= 11 is 0. The molecule has 0 saturated heterocycles. The van der Waals surface area contributed by atoms with Crippen molar-refractivity contribution in [3.63, 3.8) is 0 Å². The first-order chi connectivity index (χ1) is 9.77. The number of nitrogens with one attached hydrogen (secondary N) is 1. The van der Waals surface area contributed by atoms with Crippen LogP contribution in [0.15, 0.2) is 29.2 Å². The Bertz CT molecular complexity index is 693. The molecule has 0 saturated carbocycles. The maximum Gasteiger partial charge on any atom is 0.321 e. The number of hydrogen-bond donors (Lipinski definition) is 3. The molecule has 1 unspecified atom stereocenters. The third kappa shape index (κ3) is 4.55. The van der Waals surface area contributed by atoms with Gasteiger partial charge in [-0.2, -0.15) is 9.98 Å². The van der Waals surface area contributed by atoms with Crippen LogP contribution in [0.3, 0.4) is 0 Å². The van der Waals surface area contributed by atoms with Crippen LogP contribution in [0.5, 0.6) is 0 Å². The van der Waals surface area contributed by atoms with E-state index in [0.29, 0.717) is 0 Å². The second-order valence-electron chi connectivity index (χ2n) is 4.13. The van der Waals surface area contributed by atoms with Gasteiger partial charge in [-0.15, -0.1) is 0 Å². The lowest BCUT2D eigenvalue weighted by molar-refractivity contribution is -0.139. The molecule has 0 aromatic heterocycles. The van der Waals surface area contributed by atoms with Crippen molar-refractivity contribution in [2.24, 2.45) is 5.73 Å². The minimum Gasteiger partial charge on any atom is -0.480 e. The molecule has 1 atom stereocenters. The number of amides is 1. The second kappa shape index (κ2) is 6.83. The summed E-state index contributed by atoms with van der Waals surface area (Å²) in [6.45, 7) is 0. The fraction of sp³-hybridized carbons (Fsp3) is 0.250. The average molecular weight is 311 g/mol. The van der Waals surface area contributed by atoms with Crippen molar-refractivity contribution >= 4 is 21.9 Å². The number of nitriles is 1. The molecule has 1 rings (SSSR count). The molecule has 21 heavy (non-hydrogen) atoms. The summed E-state index contributed by atoms with van der Waals surface area (Å²) in [6.07, 6.45) is -0.558. The van der Waals surface area contributed by atoms with Crippen molar-refractivity contribution in [1.82, 2.24) is 4.72 Å². The number of sulfonamides is 1. The van der Waals surface area contributed by atoms with E-state index in [1.54, 1.807) is 6.07 Å². The minimum atomic E-state index is -4.20. The summed E-state index contributed by atoms with van der Waals surface area (Å²) in [6, 6.07) is 5.59. The van der Waals surface area contributed by atoms with E-state index in [-0.39, 0.29) is 23.3 Å². The minimum absolute atomic E-state index is 0.107. The van der Waals surface area contributed by atoms with Crippen LogP contribution in [-0.4, -0.2) is 31.4 Å². The highest BCUT2D eigenvalue weighted by atomic mass is 32.2. The lowest BCUT2D eigenvalue weighted by Gasteiger charge is -2.14. The zero-order valence-corrected chi connectivity index (χ0v) is 11.6. The first-order valence-electron chi connectivity index (χ1n) is 5.80. The molecule has 0 spiro atoms. The number of aliphatic carboxylic acids is 1. The highest BCUT2D eigenvalue weighted by Gasteiger charge is 2.27. The second-order valence-corrected chi connectivity index (χ2v) is 5.81. The molecular formula is C12H13N3O5S. The van der Waals surface area contributed by atoms with Gasteiger partial charge in [-0.1, -0.05) is 12.1 Å². The fourth-order valence-electron chi connectivity index (χ4n) is 1.56. The SMILES string of the molecule is N#Cc1ccccc1S(=O)(=O)NC(CCC(N)=O)C(=O)O. The molecule has 0 aliphatic carbocycles. The molecule has 1 aromatic rings. The monoisotopic (exact) mass is 311 g/mol. The molecule has 0 aliphatic heterocycles. The largest absolute Gasteiger partial charge is 0.480 e. The van der Waals surface area contributed by atoms with E-state index in [0.717, 1.165) is 0 Å². The van der Waals surface area contributed by atoms with Crippen molar-refractivity contribution in [3.8, 4) is 6.07 Å². The van der Waals surface area contributed by atoms with Crippen molar-refractivity contribution in [1.29, 1.82) is 5.26 Å². The van der Waals surface area contributed by atoms with Crippen LogP contribution in [0, 0.1) is 11.3 Å². The maximum absolute atomic E-state index is 12.1. The van der Waals surface area contributed by atoms with E-state index >= 15 is 0 Å². The van der Waals surface area contributed by atoms with E-state index < -0.39 is 27.9 Å². The van der Waals surface area contributed by atoms with Crippen molar-refractivity contribution in [3.05, 3.63) is 29.8 Å². The van der Waals surface area contributed by atoms with Crippen molar-refractivity contribution < 1.29 is 23.1 Å². The van der Waals surface area contributed by atoms with Crippen LogP contribution in [0.4, 0.5) is 0 Å². The Balaban J connectivity index is 3.04. The number of nitrogens with two attached hydrogens (primary N) is 1. The van der Waals surface area contributed by atoms with Crippen LogP contribution < -0.4 is 10.5 Å². The standard InChI is InChI=1S/C12H13N3O5S/c13-7-8-3-1-2-4-10(8)21(19,20)15-9(12(17)18)5-6-11(14)16/h1-4,9,15H,5-6H2,(H2,14,16)(H,17,18). The summed E-state index contributed by atoms with van der Waals surface area (Å²) in [7, 11) is -4.20. The Morgan fingerprint density at radius 2 is 2.00 bits per heavy atom. The zero-order valence-electron chi connectivity index (χ0n) is 10.8. The lowest BCUT2D eigenvalue weighted by atomic mass is 10.2. The molecule has 1 amide bonds. The van der Waals surface area contributed by atoms with Gasteiger partial charge in [0.25, 0.3) is 0 Å². The van der Waals surface area contributed by atoms with E-state index in [2.05, 4.69) is 0 Å². The summed E-state index contributed by atoms with van der Waals surface area (Å²) in [5, 5.41) is 17.9. The number of carboxylic acids is 1. The summed E-state index contributed by atoms with van der Waals surface area (Å²) < 4.78 is 26.2. The van der Waals surface area contributed by atoms with Gasteiger partial charge in [-0.05, 0) is 18.6 Å². The molecule has 1 aromatic carbocycles. The molecule has 9 heteroatoms. The summed E-state index contributed by atoms with van der Waals surface area (Å²) in [5.41, 5.74) is 4.80. The molecule has 112 valence electrons. The van der Waals surface area contributed by atoms with E-state index in [1.807, 2.05) is 4.72 Å². The molecule has 0 aliphatic rings. The number of carboxylic acid groups (broad SMARTS) is 1. The Hall–Kier alpha value is -2.44. The van der Waals surface area contributed by atoms with Gasteiger partial charge in [0.1, 0.15) is 12.1 Å². The third-order valence-electron chi connectivity index (χ3n) is 2.57. The Labute approximate surface area is 121 Å². The zero-order chi connectivity index (χ0) is 16.0. The highest BCUT2D eigenvalue weighted by molar-refractivity contribution is 7.89.